The lowest BCUT2D eigenvalue weighted by molar-refractivity contribution is -0.275. The zero-order chi connectivity index (χ0) is 29.7. The largest absolute Gasteiger partial charge is 0.573 e. The molecule has 0 aliphatic heterocycles. The summed E-state index contributed by atoms with van der Waals surface area (Å²) in [5.74, 6) is -2.35. The molecule has 0 N–H and O–H groups in total. The molecular formula is C34H38F6O. The first-order valence-corrected chi connectivity index (χ1v) is 14.5. The summed E-state index contributed by atoms with van der Waals surface area (Å²) < 4.78 is 87.8. The van der Waals surface area contributed by atoms with Crippen LogP contribution >= 0.6 is 0 Å². The Hall–Kier alpha value is -2.96. The summed E-state index contributed by atoms with van der Waals surface area (Å²) >= 11 is 0. The molecular weight excluding hydrogens is 538 g/mol. The van der Waals surface area contributed by atoms with E-state index >= 15 is 8.78 Å². The predicted octanol–water partition coefficient (Wildman–Crippen LogP) is 11.0. The highest BCUT2D eigenvalue weighted by molar-refractivity contribution is 5.84. The Morgan fingerprint density at radius 1 is 0.829 bits per heavy atom. The maximum absolute atomic E-state index is 15.6. The molecule has 7 heteroatoms. The molecule has 0 unspecified atom stereocenters. The minimum absolute atomic E-state index is 0.0115. The Balaban J connectivity index is 1.57. The molecule has 2 aromatic rings. The lowest BCUT2D eigenvalue weighted by atomic mass is 9.68. The van der Waals surface area contributed by atoms with Crippen molar-refractivity contribution in [1.29, 1.82) is 0 Å². The minimum Gasteiger partial charge on any atom is -0.402 e. The van der Waals surface area contributed by atoms with E-state index in [2.05, 4.69) is 24.8 Å². The van der Waals surface area contributed by atoms with Gasteiger partial charge >= 0.3 is 6.36 Å². The Kier molecular flexibility index (Phi) is 10.1. The molecule has 0 radical (unpaired) electrons. The third kappa shape index (κ3) is 7.66. The standard InChI is InChI=1S/C34H38F6O/c1-4-6-26-18-25(24-14-12-23(13-15-24)22-10-8-21(3)9-11-22)16-17-29(26)32(37)31(36)28-19-27(7-5-2)33(30(35)20-28)41-34(38,39)40/h4-5,16-24H,1-2,6-15H2,3H3/b32-31+. The first kappa shape index (κ1) is 31.0. The van der Waals surface area contributed by atoms with Gasteiger partial charge in [-0.1, -0.05) is 50.1 Å². The SMILES string of the molecule is C=CCc1cc(C2CCC(C3CCC(C)CC3)CC2)ccc1/C(F)=C(\F)c1cc(F)c(OC(F)(F)F)c(CC=C)c1. The normalized spacial score (nSPS) is 24.0. The van der Waals surface area contributed by atoms with Crippen LogP contribution in [0.3, 0.4) is 0 Å². The van der Waals surface area contributed by atoms with Gasteiger partial charge in [-0.15, -0.1) is 26.3 Å². The molecule has 2 aliphatic carbocycles. The molecule has 2 saturated carbocycles. The first-order chi connectivity index (χ1) is 19.5. The summed E-state index contributed by atoms with van der Waals surface area (Å²) in [6.45, 7) is 9.53. The van der Waals surface area contributed by atoms with E-state index in [1.54, 1.807) is 12.1 Å². The summed E-state index contributed by atoms with van der Waals surface area (Å²) in [6.07, 6.45) is 7.53. The third-order valence-corrected chi connectivity index (χ3v) is 8.85. The average molecular weight is 577 g/mol. The number of benzene rings is 2. The average Bonchev–Trinajstić information content (AvgIpc) is 2.94. The Labute approximate surface area is 239 Å². The topological polar surface area (TPSA) is 9.23 Å². The fourth-order valence-corrected chi connectivity index (χ4v) is 6.65. The summed E-state index contributed by atoms with van der Waals surface area (Å²) in [5.41, 5.74) is 0.836. The Bertz CT molecular complexity index is 1260. The number of ether oxygens (including phenoxy) is 1. The molecule has 4 rings (SSSR count). The lowest BCUT2D eigenvalue weighted by Crippen LogP contribution is -2.24. The molecule has 2 aliphatic rings. The highest BCUT2D eigenvalue weighted by Gasteiger charge is 2.34. The fourth-order valence-electron chi connectivity index (χ4n) is 6.65. The quantitative estimate of drug-likeness (QED) is 0.164. The van der Waals surface area contributed by atoms with Crippen LogP contribution in [-0.2, 0) is 12.8 Å². The van der Waals surface area contributed by atoms with Gasteiger partial charge in [0.2, 0.25) is 0 Å². The predicted molar refractivity (Wildman–Crippen MR) is 152 cm³/mol. The van der Waals surface area contributed by atoms with E-state index in [4.69, 9.17) is 0 Å². The number of hydrogen-bond acceptors (Lipinski definition) is 1. The summed E-state index contributed by atoms with van der Waals surface area (Å²) in [6, 6.07) is 6.73. The molecule has 0 aromatic heterocycles. The molecule has 1 nitrogen and oxygen atoms in total. The van der Waals surface area contributed by atoms with Crippen LogP contribution in [0, 0.1) is 23.6 Å². The minimum atomic E-state index is -5.15. The van der Waals surface area contributed by atoms with E-state index in [1.165, 1.54) is 44.6 Å². The van der Waals surface area contributed by atoms with Crippen LogP contribution in [-0.4, -0.2) is 6.36 Å². The summed E-state index contributed by atoms with van der Waals surface area (Å²) in [5, 5.41) is 0. The summed E-state index contributed by atoms with van der Waals surface area (Å²) in [4.78, 5) is 0. The summed E-state index contributed by atoms with van der Waals surface area (Å²) in [7, 11) is 0. The number of rotatable bonds is 9. The van der Waals surface area contributed by atoms with Crippen molar-refractivity contribution in [2.45, 2.75) is 83.4 Å². The van der Waals surface area contributed by atoms with Gasteiger partial charge in [0, 0.05) is 16.7 Å². The molecule has 2 aromatic carbocycles. The van der Waals surface area contributed by atoms with E-state index < -0.39 is 35.1 Å². The van der Waals surface area contributed by atoms with Crippen LogP contribution in [0.4, 0.5) is 26.3 Å². The molecule has 0 saturated heterocycles. The fraction of sp³-hybridized carbons (Fsp3) is 0.471. The van der Waals surface area contributed by atoms with Crippen molar-refractivity contribution in [3.8, 4) is 5.75 Å². The first-order valence-electron chi connectivity index (χ1n) is 14.5. The zero-order valence-corrected chi connectivity index (χ0v) is 23.5. The third-order valence-electron chi connectivity index (χ3n) is 8.85. The Morgan fingerprint density at radius 2 is 1.41 bits per heavy atom. The molecule has 0 heterocycles. The molecule has 0 spiro atoms. The zero-order valence-electron chi connectivity index (χ0n) is 23.5. The van der Waals surface area contributed by atoms with Crippen molar-refractivity contribution in [3.63, 3.8) is 0 Å². The van der Waals surface area contributed by atoms with Gasteiger partial charge in [0.25, 0.3) is 0 Å². The smallest absolute Gasteiger partial charge is 0.402 e. The van der Waals surface area contributed by atoms with Crippen molar-refractivity contribution in [3.05, 3.63) is 89.3 Å². The van der Waals surface area contributed by atoms with Crippen LogP contribution in [0.1, 0.15) is 92.0 Å². The van der Waals surface area contributed by atoms with Gasteiger partial charge in [-0.25, -0.2) is 13.2 Å². The van der Waals surface area contributed by atoms with Crippen molar-refractivity contribution >= 4 is 11.7 Å². The second-order valence-corrected chi connectivity index (χ2v) is 11.7. The van der Waals surface area contributed by atoms with Crippen molar-refractivity contribution in [1.82, 2.24) is 0 Å². The van der Waals surface area contributed by atoms with Gasteiger partial charge in [0.1, 0.15) is 0 Å². The van der Waals surface area contributed by atoms with Crippen LogP contribution in [0.2, 0.25) is 0 Å². The molecule has 222 valence electrons. The van der Waals surface area contributed by atoms with E-state index in [-0.39, 0.29) is 17.5 Å². The van der Waals surface area contributed by atoms with Crippen LogP contribution < -0.4 is 4.74 Å². The lowest BCUT2D eigenvalue weighted by Gasteiger charge is -2.37. The maximum Gasteiger partial charge on any atom is 0.573 e. The van der Waals surface area contributed by atoms with Crippen LogP contribution in [0.25, 0.3) is 11.7 Å². The number of alkyl halides is 3. The highest BCUT2D eigenvalue weighted by atomic mass is 19.4. The second kappa shape index (κ2) is 13.3. The van der Waals surface area contributed by atoms with Crippen LogP contribution in [0.15, 0.2) is 55.6 Å². The van der Waals surface area contributed by atoms with Gasteiger partial charge in [-0.2, -0.15) is 0 Å². The van der Waals surface area contributed by atoms with Crippen LogP contribution in [0.5, 0.6) is 5.75 Å². The van der Waals surface area contributed by atoms with E-state index in [1.807, 2.05) is 12.1 Å². The number of allylic oxidation sites excluding steroid dienone is 2. The van der Waals surface area contributed by atoms with Gasteiger partial charge in [-0.3, -0.25) is 0 Å². The molecule has 2 fully saturated rings. The van der Waals surface area contributed by atoms with E-state index in [0.29, 0.717) is 24.0 Å². The highest BCUT2D eigenvalue weighted by Crippen LogP contribution is 2.44. The Morgan fingerprint density at radius 3 is 2.00 bits per heavy atom. The van der Waals surface area contributed by atoms with Gasteiger partial charge < -0.3 is 4.74 Å². The van der Waals surface area contributed by atoms with Gasteiger partial charge in [0.15, 0.2) is 23.2 Å². The molecule has 41 heavy (non-hydrogen) atoms. The van der Waals surface area contributed by atoms with Gasteiger partial charge in [-0.05, 0) is 98.3 Å². The second-order valence-electron chi connectivity index (χ2n) is 11.7. The van der Waals surface area contributed by atoms with Gasteiger partial charge in [0.05, 0.1) is 0 Å². The van der Waals surface area contributed by atoms with Crippen molar-refractivity contribution in [2.75, 3.05) is 0 Å². The van der Waals surface area contributed by atoms with E-state index in [9.17, 15) is 17.6 Å². The van der Waals surface area contributed by atoms with E-state index in [0.717, 1.165) is 42.2 Å². The van der Waals surface area contributed by atoms with Crippen molar-refractivity contribution < 1.29 is 31.1 Å². The molecule has 0 bridgehead atoms. The van der Waals surface area contributed by atoms with Crippen molar-refractivity contribution in [2.24, 2.45) is 17.8 Å². The number of halogens is 6. The number of hydrogen-bond donors (Lipinski definition) is 0. The maximum atomic E-state index is 15.6. The molecule has 0 amide bonds. The molecule has 0 atom stereocenters. The monoisotopic (exact) mass is 576 g/mol.